The largest absolute Gasteiger partial charge is 0.383 e. The molecule has 0 bridgehead atoms. The number of halogens is 1. The Kier molecular flexibility index (Phi) is 11.0. The number of carbonyl (C=O) groups is 1. The number of methoxy groups -OCH3 is 1. The molecule has 0 unspecified atom stereocenters. The Labute approximate surface area is 178 Å². The third-order valence-corrected chi connectivity index (χ3v) is 4.28. The molecule has 152 valence electrons. The van der Waals surface area contributed by atoms with E-state index in [0.29, 0.717) is 25.2 Å². The highest BCUT2D eigenvalue weighted by Crippen LogP contribution is 2.17. The smallest absolute Gasteiger partial charge is 0.243 e. The Morgan fingerprint density at radius 1 is 1.37 bits per heavy atom. The second-order valence-corrected chi connectivity index (χ2v) is 6.47. The van der Waals surface area contributed by atoms with Crippen LogP contribution in [0.15, 0.2) is 29.4 Å². The second kappa shape index (κ2) is 12.7. The van der Waals surface area contributed by atoms with Gasteiger partial charge in [0.1, 0.15) is 12.4 Å². The van der Waals surface area contributed by atoms with E-state index in [-0.39, 0.29) is 36.4 Å². The van der Waals surface area contributed by atoms with Gasteiger partial charge in [0.2, 0.25) is 5.91 Å². The molecular weight excluding hydrogens is 459 g/mol. The average Bonchev–Trinajstić information content (AvgIpc) is 2.67. The minimum absolute atomic E-state index is 0. The van der Waals surface area contributed by atoms with Crippen LogP contribution in [-0.2, 0) is 9.53 Å². The van der Waals surface area contributed by atoms with Crippen molar-refractivity contribution in [2.24, 2.45) is 4.99 Å². The van der Waals surface area contributed by atoms with Gasteiger partial charge in [-0.1, -0.05) is 6.07 Å². The summed E-state index contributed by atoms with van der Waals surface area (Å²) in [5.41, 5.74) is 0. The van der Waals surface area contributed by atoms with Crippen LogP contribution < -0.4 is 15.5 Å². The number of piperidine rings is 1. The van der Waals surface area contributed by atoms with Gasteiger partial charge in [-0.25, -0.2) is 9.98 Å². The minimum Gasteiger partial charge on any atom is -0.383 e. The van der Waals surface area contributed by atoms with Gasteiger partial charge in [0.25, 0.3) is 0 Å². The van der Waals surface area contributed by atoms with E-state index in [1.165, 1.54) is 0 Å². The SMILES string of the molecule is COCCNC(=NCC(=O)N(C)C)NC1CCN(c2ccccn2)CC1.I. The summed E-state index contributed by atoms with van der Waals surface area (Å²) < 4.78 is 5.08. The fourth-order valence-corrected chi connectivity index (χ4v) is 2.70. The van der Waals surface area contributed by atoms with Crippen LogP contribution in [0.25, 0.3) is 0 Å². The van der Waals surface area contributed by atoms with Gasteiger partial charge in [-0.05, 0) is 25.0 Å². The lowest BCUT2D eigenvalue weighted by molar-refractivity contribution is -0.127. The molecule has 1 aromatic rings. The van der Waals surface area contributed by atoms with E-state index in [1.807, 2.05) is 24.4 Å². The molecule has 2 rings (SSSR count). The first-order valence-electron chi connectivity index (χ1n) is 9.00. The van der Waals surface area contributed by atoms with Crippen LogP contribution in [0.1, 0.15) is 12.8 Å². The van der Waals surface area contributed by atoms with Crippen molar-refractivity contribution >= 4 is 41.7 Å². The molecule has 1 aromatic heterocycles. The molecule has 1 aliphatic rings. The number of carbonyl (C=O) groups excluding carboxylic acids is 1. The molecule has 1 aliphatic heterocycles. The van der Waals surface area contributed by atoms with Crippen molar-refractivity contribution in [1.82, 2.24) is 20.5 Å². The van der Waals surface area contributed by atoms with Gasteiger partial charge in [-0.15, -0.1) is 24.0 Å². The van der Waals surface area contributed by atoms with E-state index in [1.54, 1.807) is 26.1 Å². The van der Waals surface area contributed by atoms with Crippen molar-refractivity contribution in [2.75, 3.05) is 58.9 Å². The van der Waals surface area contributed by atoms with Gasteiger partial charge in [0, 0.05) is 53.1 Å². The summed E-state index contributed by atoms with van der Waals surface area (Å²) in [6.07, 6.45) is 3.80. The highest BCUT2D eigenvalue weighted by Gasteiger charge is 2.21. The molecule has 8 nitrogen and oxygen atoms in total. The first kappa shape index (κ1) is 23.4. The molecule has 0 aliphatic carbocycles. The monoisotopic (exact) mass is 490 g/mol. The molecule has 1 fully saturated rings. The van der Waals surface area contributed by atoms with Crippen LogP contribution in [0.2, 0.25) is 0 Å². The van der Waals surface area contributed by atoms with Gasteiger partial charge in [0.15, 0.2) is 5.96 Å². The molecule has 0 aromatic carbocycles. The Bertz CT molecular complexity index is 576. The lowest BCUT2D eigenvalue weighted by Gasteiger charge is -2.33. The first-order valence-corrected chi connectivity index (χ1v) is 9.00. The number of aliphatic imine (C=N–C) groups is 1. The van der Waals surface area contributed by atoms with E-state index < -0.39 is 0 Å². The van der Waals surface area contributed by atoms with E-state index in [4.69, 9.17) is 4.74 Å². The number of guanidine groups is 1. The number of hydrogen-bond acceptors (Lipinski definition) is 5. The van der Waals surface area contributed by atoms with E-state index in [2.05, 4.69) is 25.5 Å². The molecule has 9 heteroatoms. The van der Waals surface area contributed by atoms with Gasteiger partial charge in [-0.3, -0.25) is 4.79 Å². The van der Waals surface area contributed by atoms with E-state index in [9.17, 15) is 4.79 Å². The number of ether oxygens (including phenoxy) is 1. The van der Waals surface area contributed by atoms with Gasteiger partial charge >= 0.3 is 0 Å². The maximum absolute atomic E-state index is 11.8. The molecule has 27 heavy (non-hydrogen) atoms. The molecule has 0 spiro atoms. The Balaban J connectivity index is 0.00000364. The van der Waals surface area contributed by atoms with E-state index >= 15 is 0 Å². The minimum atomic E-state index is -0.0252. The summed E-state index contributed by atoms with van der Waals surface area (Å²) in [5.74, 6) is 1.66. The number of hydrogen-bond donors (Lipinski definition) is 2. The fourth-order valence-electron chi connectivity index (χ4n) is 2.70. The number of amides is 1. The van der Waals surface area contributed by atoms with Crippen molar-refractivity contribution in [2.45, 2.75) is 18.9 Å². The number of anilines is 1. The summed E-state index contributed by atoms with van der Waals surface area (Å²) in [4.78, 5) is 24.5. The normalized spacial score (nSPS) is 15.1. The van der Waals surface area contributed by atoms with E-state index in [0.717, 1.165) is 31.7 Å². The van der Waals surface area contributed by atoms with Crippen molar-refractivity contribution in [3.63, 3.8) is 0 Å². The topological polar surface area (TPSA) is 82.1 Å². The quantitative estimate of drug-likeness (QED) is 0.256. The number of likely N-dealkylation sites (N-methyl/N-ethyl adjacent to an activating group) is 1. The zero-order chi connectivity index (χ0) is 18.8. The molecule has 2 heterocycles. The summed E-state index contributed by atoms with van der Waals surface area (Å²) in [7, 11) is 5.13. The molecule has 0 radical (unpaired) electrons. The molecular formula is C18H31IN6O2. The predicted molar refractivity (Wildman–Crippen MR) is 119 cm³/mol. The maximum atomic E-state index is 11.8. The standard InChI is InChI=1S/C18H30N6O2.HI/c1-23(2)17(25)14-21-18(20-10-13-26-3)22-15-7-11-24(12-8-15)16-6-4-5-9-19-16;/h4-6,9,15H,7-8,10-14H2,1-3H3,(H2,20,21,22);1H. The zero-order valence-corrected chi connectivity index (χ0v) is 18.7. The van der Waals surface area contributed by atoms with Crippen LogP contribution in [-0.4, -0.2) is 81.8 Å². The highest BCUT2D eigenvalue weighted by molar-refractivity contribution is 14.0. The number of nitrogens with one attached hydrogen (secondary N) is 2. The zero-order valence-electron chi connectivity index (χ0n) is 16.4. The number of pyridine rings is 1. The predicted octanol–water partition coefficient (Wildman–Crippen LogP) is 0.938. The third kappa shape index (κ3) is 8.29. The van der Waals surface area contributed by atoms with Crippen LogP contribution in [0.4, 0.5) is 5.82 Å². The first-order chi connectivity index (χ1) is 12.6. The van der Waals surface area contributed by atoms with Crippen LogP contribution in [0.3, 0.4) is 0 Å². The van der Waals surface area contributed by atoms with Crippen molar-refractivity contribution < 1.29 is 9.53 Å². The van der Waals surface area contributed by atoms with Gasteiger partial charge in [-0.2, -0.15) is 0 Å². The van der Waals surface area contributed by atoms with Gasteiger partial charge in [0.05, 0.1) is 6.61 Å². The fraction of sp³-hybridized carbons (Fsp3) is 0.611. The molecule has 1 saturated heterocycles. The van der Waals surface area contributed by atoms with Crippen molar-refractivity contribution in [3.05, 3.63) is 24.4 Å². The number of aromatic nitrogens is 1. The lowest BCUT2D eigenvalue weighted by Crippen LogP contribution is -2.49. The molecule has 0 atom stereocenters. The summed E-state index contributed by atoms with van der Waals surface area (Å²) >= 11 is 0. The Hall–Kier alpha value is -1.62. The molecule has 2 N–H and O–H groups in total. The number of rotatable bonds is 7. The van der Waals surface area contributed by atoms with Gasteiger partial charge < -0.3 is 25.2 Å². The molecule has 1 amide bonds. The summed E-state index contributed by atoms with van der Waals surface area (Å²) in [5, 5.41) is 6.67. The highest BCUT2D eigenvalue weighted by atomic mass is 127. The lowest BCUT2D eigenvalue weighted by atomic mass is 10.1. The van der Waals surface area contributed by atoms with Crippen molar-refractivity contribution in [3.8, 4) is 0 Å². The maximum Gasteiger partial charge on any atom is 0.243 e. The summed E-state index contributed by atoms with van der Waals surface area (Å²) in [6.45, 7) is 3.24. The Morgan fingerprint density at radius 2 is 2.11 bits per heavy atom. The Morgan fingerprint density at radius 3 is 2.70 bits per heavy atom. The van der Waals surface area contributed by atoms with Crippen LogP contribution in [0, 0.1) is 0 Å². The molecule has 0 saturated carbocycles. The van der Waals surface area contributed by atoms with Crippen molar-refractivity contribution in [1.29, 1.82) is 0 Å². The van der Waals surface area contributed by atoms with Crippen LogP contribution in [0.5, 0.6) is 0 Å². The van der Waals surface area contributed by atoms with Crippen LogP contribution >= 0.6 is 24.0 Å². The summed E-state index contributed by atoms with van der Waals surface area (Å²) in [6, 6.07) is 6.30. The number of nitrogens with zero attached hydrogens (tertiary/aromatic N) is 4. The second-order valence-electron chi connectivity index (χ2n) is 6.47. The average molecular weight is 490 g/mol. The third-order valence-electron chi connectivity index (χ3n) is 4.28.